The van der Waals surface area contributed by atoms with Crippen molar-refractivity contribution in [1.82, 2.24) is 4.90 Å². The Morgan fingerprint density at radius 1 is 1.32 bits per heavy atom. The minimum absolute atomic E-state index is 0.0470. The Bertz CT molecular complexity index is 636. The lowest BCUT2D eigenvalue weighted by Gasteiger charge is -2.23. The Labute approximate surface area is 149 Å². The van der Waals surface area contributed by atoms with E-state index in [1.165, 1.54) is 12.7 Å². The third kappa shape index (κ3) is 4.69. The molecule has 1 unspecified atom stereocenters. The Morgan fingerprint density at radius 3 is 2.56 bits per heavy atom. The van der Waals surface area contributed by atoms with Gasteiger partial charge in [0, 0.05) is 26.6 Å². The lowest BCUT2D eigenvalue weighted by molar-refractivity contribution is -0.151. The van der Waals surface area contributed by atoms with Crippen molar-refractivity contribution in [1.29, 1.82) is 0 Å². The number of nitrogens with zero attached hydrogens (tertiary/aromatic N) is 1. The van der Waals surface area contributed by atoms with Crippen molar-refractivity contribution in [3.63, 3.8) is 0 Å². The second-order valence-corrected chi connectivity index (χ2v) is 7.01. The fraction of sp³-hybridized carbons (Fsp3) is 0.500. The predicted molar refractivity (Wildman–Crippen MR) is 97.3 cm³/mol. The molecule has 1 atom stereocenters. The quantitative estimate of drug-likeness (QED) is 0.824. The molecule has 1 saturated heterocycles. The van der Waals surface area contributed by atoms with E-state index in [0.717, 1.165) is 5.56 Å². The van der Waals surface area contributed by atoms with Gasteiger partial charge in [-0.25, -0.2) is 0 Å². The summed E-state index contributed by atoms with van der Waals surface area (Å²) in [6, 6.07) is 8.28. The van der Waals surface area contributed by atoms with Gasteiger partial charge in [0.05, 0.1) is 6.61 Å². The number of likely N-dealkylation sites (tertiary alicyclic amines) is 1. The normalized spacial score (nSPS) is 20.6. The number of carboxylic acid groups (broad SMARTS) is 1. The number of rotatable bonds is 7. The summed E-state index contributed by atoms with van der Waals surface area (Å²) < 4.78 is 5.05. The van der Waals surface area contributed by atoms with Gasteiger partial charge in [-0.15, -0.1) is 0 Å². The third-order valence-electron chi connectivity index (χ3n) is 4.79. The molecule has 1 aromatic rings. The first-order valence-electron chi connectivity index (χ1n) is 8.64. The Balaban J connectivity index is 1.91. The highest BCUT2D eigenvalue weighted by molar-refractivity contribution is 5.82. The van der Waals surface area contributed by atoms with E-state index in [1.54, 1.807) is 4.90 Å². The Morgan fingerprint density at radius 2 is 2.00 bits per heavy atom. The minimum atomic E-state index is -0.971. The van der Waals surface area contributed by atoms with Crippen LogP contribution >= 0.6 is 0 Å². The van der Waals surface area contributed by atoms with Crippen LogP contribution in [-0.2, 0) is 14.3 Å². The van der Waals surface area contributed by atoms with Crippen LogP contribution in [0.1, 0.15) is 43.7 Å². The largest absolute Gasteiger partial charge is 0.481 e. The smallest absolute Gasteiger partial charge is 0.313 e. The summed E-state index contributed by atoms with van der Waals surface area (Å²) >= 11 is 0. The van der Waals surface area contributed by atoms with Gasteiger partial charge in [-0.3, -0.25) is 9.59 Å². The van der Waals surface area contributed by atoms with Crippen LogP contribution in [0.15, 0.2) is 30.3 Å². The van der Waals surface area contributed by atoms with E-state index in [-0.39, 0.29) is 25.5 Å². The Hall–Kier alpha value is -2.14. The van der Waals surface area contributed by atoms with Crippen molar-refractivity contribution >= 4 is 18.0 Å². The second kappa shape index (κ2) is 8.30. The molecule has 1 amide bonds. The van der Waals surface area contributed by atoms with Gasteiger partial charge in [0.2, 0.25) is 5.91 Å². The lowest BCUT2D eigenvalue weighted by atomic mass is 9.88. The maximum absolute atomic E-state index is 12.3. The van der Waals surface area contributed by atoms with E-state index in [1.807, 2.05) is 24.3 Å². The summed E-state index contributed by atoms with van der Waals surface area (Å²) in [6.07, 6.45) is 4.47. The predicted octanol–water partition coefficient (Wildman–Crippen LogP) is 3.16. The van der Waals surface area contributed by atoms with Crippen LogP contribution in [0.3, 0.4) is 0 Å². The highest BCUT2D eigenvalue weighted by atomic mass is 16.5. The Kier molecular flexibility index (Phi) is 6.37. The fourth-order valence-corrected chi connectivity index (χ4v) is 3.13. The lowest BCUT2D eigenvalue weighted by Crippen LogP contribution is -2.40. The van der Waals surface area contributed by atoms with E-state index >= 15 is 0 Å². The van der Waals surface area contributed by atoms with E-state index in [4.69, 9.17) is 4.74 Å². The van der Waals surface area contributed by atoms with Gasteiger partial charge in [0.15, 0.2) is 0 Å². The van der Waals surface area contributed by atoms with Crippen LogP contribution in [0.2, 0.25) is 0 Å². The van der Waals surface area contributed by atoms with Crippen molar-refractivity contribution < 1.29 is 19.4 Å². The number of aliphatic carboxylic acids is 1. The molecule has 1 fully saturated rings. The number of ether oxygens (including phenoxy) is 1. The molecule has 1 heterocycles. The maximum Gasteiger partial charge on any atom is 0.313 e. The first-order chi connectivity index (χ1) is 11.9. The standard InChI is InChI=1S/C20H27NO4/c1-15(2)17-9-7-16(8-10-17)5-4-6-18(22)21-12-11-20(13-21,14-25-3)19(23)24/h4-5,7-10,15H,6,11-14H2,1-3H3,(H,23,24)/b5-4+. The molecule has 25 heavy (non-hydrogen) atoms. The number of methoxy groups -OCH3 is 1. The van der Waals surface area contributed by atoms with Crippen LogP contribution in [0.4, 0.5) is 0 Å². The zero-order chi connectivity index (χ0) is 18.4. The molecule has 0 radical (unpaired) electrons. The molecule has 0 aromatic heterocycles. The zero-order valence-corrected chi connectivity index (χ0v) is 15.2. The summed E-state index contributed by atoms with van der Waals surface area (Å²) in [7, 11) is 1.49. The number of carbonyl (C=O) groups excluding carboxylic acids is 1. The average molecular weight is 345 g/mol. The van der Waals surface area contributed by atoms with Crippen LogP contribution in [0.25, 0.3) is 6.08 Å². The third-order valence-corrected chi connectivity index (χ3v) is 4.79. The second-order valence-electron chi connectivity index (χ2n) is 7.01. The van der Waals surface area contributed by atoms with Crippen molar-refractivity contribution in [2.75, 3.05) is 26.8 Å². The van der Waals surface area contributed by atoms with E-state index in [0.29, 0.717) is 18.9 Å². The van der Waals surface area contributed by atoms with Crippen LogP contribution in [0.5, 0.6) is 0 Å². The SMILES string of the molecule is COCC1(C(=O)O)CCN(C(=O)C/C=C/c2ccc(C(C)C)cc2)C1. The molecule has 1 aliphatic heterocycles. The fourth-order valence-electron chi connectivity index (χ4n) is 3.13. The summed E-state index contributed by atoms with van der Waals surface area (Å²) in [5.74, 6) is -0.448. The first-order valence-corrected chi connectivity index (χ1v) is 8.64. The zero-order valence-electron chi connectivity index (χ0n) is 15.2. The number of hydrogen-bond donors (Lipinski definition) is 1. The van der Waals surface area contributed by atoms with Crippen LogP contribution in [-0.4, -0.2) is 48.7 Å². The number of hydrogen-bond acceptors (Lipinski definition) is 3. The van der Waals surface area contributed by atoms with Gasteiger partial charge in [0.25, 0.3) is 0 Å². The van der Waals surface area contributed by atoms with E-state index in [9.17, 15) is 14.7 Å². The molecule has 5 nitrogen and oxygen atoms in total. The highest BCUT2D eigenvalue weighted by Gasteiger charge is 2.46. The molecule has 5 heteroatoms. The first kappa shape index (κ1) is 19.2. The highest BCUT2D eigenvalue weighted by Crippen LogP contribution is 2.31. The number of benzene rings is 1. The summed E-state index contributed by atoms with van der Waals surface area (Å²) in [4.78, 5) is 25.5. The van der Waals surface area contributed by atoms with Crippen molar-refractivity contribution in [3.05, 3.63) is 41.5 Å². The van der Waals surface area contributed by atoms with Gasteiger partial charge in [-0.1, -0.05) is 50.3 Å². The van der Waals surface area contributed by atoms with Gasteiger partial charge >= 0.3 is 5.97 Å². The molecular weight excluding hydrogens is 318 g/mol. The molecule has 1 aliphatic rings. The summed E-state index contributed by atoms with van der Waals surface area (Å²) in [5.41, 5.74) is 1.37. The molecular formula is C20H27NO4. The maximum atomic E-state index is 12.3. The average Bonchev–Trinajstić information content (AvgIpc) is 3.01. The molecule has 136 valence electrons. The van der Waals surface area contributed by atoms with Crippen molar-refractivity contribution in [3.8, 4) is 0 Å². The summed E-state index contributed by atoms with van der Waals surface area (Å²) in [6.45, 7) is 5.11. The van der Waals surface area contributed by atoms with Gasteiger partial charge in [-0.05, 0) is 23.5 Å². The topological polar surface area (TPSA) is 66.8 Å². The molecule has 2 rings (SSSR count). The van der Waals surface area contributed by atoms with E-state index < -0.39 is 11.4 Å². The molecule has 1 aromatic carbocycles. The van der Waals surface area contributed by atoms with Crippen molar-refractivity contribution in [2.24, 2.45) is 5.41 Å². The molecule has 0 bridgehead atoms. The van der Waals surface area contributed by atoms with Crippen LogP contribution < -0.4 is 0 Å². The molecule has 1 N–H and O–H groups in total. The van der Waals surface area contributed by atoms with Crippen molar-refractivity contribution in [2.45, 2.75) is 32.6 Å². The molecule has 0 spiro atoms. The monoisotopic (exact) mass is 345 g/mol. The van der Waals surface area contributed by atoms with Gasteiger partial charge < -0.3 is 14.7 Å². The van der Waals surface area contributed by atoms with E-state index in [2.05, 4.69) is 26.0 Å². The molecule has 0 saturated carbocycles. The van der Waals surface area contributed by atoms with Crippen LogP contribution in [0, 0.1) is 5.41 Å². The van der Waals surface area contributed by atoms with Gasteiger partial charge in [-0.2, -0.15) is 0 Å². The number of amides is 1. The summed E-state index contributed by atoms with van der Waals surface area (Å²) in [5, 5.41) is 9.45. The number of carboxylic acids is 1. The molecule has 0 aliphatic carbocycles. The van der Waals surface area contributed by atoms with Gasteiger partial charge in [0.1, 0.15) is 5.41 Å². The number of carbonyl (C=O) groups is 2. The minimum Gasteiger partial charge on any atom is -0.481 e.